The maximum absolute atomic E-state index is 5.63. The normalized spacial score (nSPS) is 10.5. The molecule has 17 heavy (non-hydrogen) atoms. The Hall–Kier alpha value is -0.870. The summed E-state index contributed by atoms with van der Waals surface area (Å²) in [6.07, 6.45) is 1.72. The van der Waals surface area contributed by atoms with Crippen molar-refractivity contribution in [2.45, 2.75) is 11.8 Å². The van der Waals surface area contributed by atoms with E-state index in [0.29, 0.717) is 6.61 Å². The Morgan fingerprint density at radius 3 is 2.65 bits per heavy atom. The van der Waals surface area contributed by atoms with Gasteiger partial charge in [-0.15, -0.1) is 11.8 Å². The summed E-state index contributed by atoms with van der Waals surface area (Å²) >= 11 is 5.14. The fourth-order valence-electron chi connectivity index (χ4n) is 1.37. The SMILES string of the molecule is Cc1occc1SCCOc1ccc(Br)cc1. The maximum atomic E-state index is 5.63. The lowest BCUT2D eigenvalue weighted by Crippen LogP contribution is -1.99. The topological polar surface area (TPSA) is 22.4 Å². The van der Waals surface area contributed by atoms with Crippen LogP contribution in [0.5, 0.6) is 5.75 Å². The first-order valence-corrected chi connectivity index (χ1v) is 7.09. The maximum Gasteiger partial charge on any atom is 0.119 e. The van der Waals surface area contributed by atoms with Crippen LogP contribution in [-0.2, 0) is 0 Å². The van der Waals surface area contributed by atoms with Gasteiger partial charge in [0.1, 0.15) is 11.5 Å². The van der Waals surface area contributed by atoms with E-state index >= 15 is 0 Å². The fourth-order valence-corrected chi connectivity index (χ4v) is 2.42. The molecule has 0 atom stereocenters. The Morgan fingerprint density at radius 2 is 2.00 bits per heavy atom. The van der Waals surface area contributed by atoms with Gasteiger partial charge in [0.25, 0.3) is 0 Å². The monoisotopic (exact) mass is 312 g/mol. The number of furan rings is 1. The molecule has 0 bridgehead atoms. The molecule has 4 heteroatoms. The van der Waals surface area contributed by atoms with Crippen LogP contribution >= 0.6 is 27.7 Å². The predicted molar refractivity (Wildman–Crippen MR) is 73.8 cm³/mol. The summed E-state index contributed by atoms with van der Waals surface area (Å²) in [5.74, 6) is 2.78. The molecule has 0 saturated carbocycles. The van der Waals surface area contributed by atoms with Gasteiger partial charge in [0, 0.05) is 15.1 Å². The molecule has 90 valence electrons. The number of benzene rings is 1. The summed E-state index contributed by atoms with van der Waals surface area (Å²) in [6.45, 7) is 2.66. The molecule has 0 saturated heterocycles. The third-order valence-electron chi connectivity index (χ3n) is 2.23. The smallest absolute Gasteiger partial charge is 0.119 e. The van der Waals surface area contributed by atoms with E-state index in [9.17, 15) is 0 Å². The van der Waals surface area contributed by atoms with Gasteiger partial charge < -0.3 is 9.15 Å². The lowest BCUT2D eigenvalue weighted by Gasteiger charge is -2.05. The van der Waals surface area contributed by atoms with E-state index in [0.717, 1.165) is 21.7 Å². The number of hydrogen-bond acceptors (Lipinski definition) is 3. The van der Waals surface area contributed by atoms with Gasteiger partial charge in [-0.05, 0) is 37.3 Å². The van der Waals surface area contributed by atoms with Crippen LogP contribution in [0.25, 0.3) is 0 Å². The molecule has 1 aromatic carbocycles. The van der Waals surface area contributed by atoms with Crippen molar-refractivity contribution in [2.24, 2.45) is 0 Å². The largest absolute Gasteiger partial charge is 0.493 e. The summed E-state index contributed by atoms with van der Waals surface area (Å²) in [6, 6.07) is 9.85. The van der Waals surface area contributed by atoms with E-state index in [4.69, 9.17) is 9.15 Å². The molecule has 0 radical (unpaired) electrons. The van der Waals surface area contributed by atoms with Crippen LogP contribution in [0.15, 0.2) is 50.4 Å². The first-order chi connectivity index (χ1) is 8.25. The zero-order chi connectivity index (χ0) is 12.1. The number of thioether (sulfide) groups is 1. The van der Waals surface area contributed by atoms with Gasteiger partial charge in [-0.3, -0.25) is 0 Å². The van der Waals surface area contributed by atoms with E-state index in [1.165, 1.54) is 4.90 Å². The molecule has 0 aliphatic rings. The summed E-state index contributed by atoms with van der Waals surface area (Å²) in [4.78, 5) is 1.18. The quantitative estimate of drug-likeness (QED) is 0.598. The second-order valence-electron chi connectivity index (χ2n) is 3.49. The summed E-state index contributed by atoms with van der Waals surface area (Å²) in [7, 11) is 0. The molecule has 0 amide bonds. The van der Waals surface area contributed by atoms with E-state index < -0.39 is 0 Å². The van der Waals surface area contributed by atoms with Crippen molar-refractivity contribution in [1.29, 1.82) is 0 Å². The third kappa shape index (κ3) is 3.82. The average molecular weight is 313 g/mol. The molecule has 1 heterocycles. The van der Waals surface area contributed by atoms with Crippen LogP contribution in [0.3, 0.4) is 0 Å². The van der Waals surface area contributed by atoms with Gasteiger partial charge in [0.05, 0.1) is 12.9 Å². The number of hydrogen-bond donors (Lipinski definition) is 0. The van der Waals surface area contributed by atoms with Crippen LogP contribution in [0.2, 0.25) is 0 Å². The van der Waals surface area contributed by atoms with E-state index in [-0.39, 0.29) is 0 Å². The minimum atomic E-state index is 0.691. The second kappa shape index (κ2) is 6.17. The Labute approximate surface area is 113 Å². The number of ether oxygens (including phenoxy) is 1. The first kappa shape index (κ1) is 12.6. The average Bonchev–Trinajstić information content (AvgIpc) is 2.73. The van der Waals surface area contributed by atoms with Crippen molar-refractivity contribution in [3.05, 3.63) is 46.8 Å². The Balaban J connectivity index is 1.73. The van der Waals surface area contributed by atoms with Crippen molar-refractivity contribution in [3.63, 3.8) is 0 Å². The third-order valence-corrected chi connectivity index (χ3v) is 3.87. The fraction of sp³-hybridized carbons (Fsp3) is 0.231. The van der Waals surface area contributed by atoms with E-state index in [1.54, 1.807) is 18.0 Å². The Bertz CT molecular complexity index is 465. The Kier molecular flexibility index (Phi) is 4.57. The standard InChI is InChI=1S/C13H13BrO2S/c1-10-13(6-7-15-10)17-9-8-16-12-4-2-11(14)3-5-12/h2-7H,8-9H2,1H3. The predicted octanol–water partition coefficient (Wildman–Crippen LogP) is 4.52. The lowest BCUT2D eigenvalue weighted by atomic mass is 10.3. The molecular weight excluding hydrogens is 300 g/mol. The molecule has 0 aliphatic heterocycles. The zero-order valence-corrected chi connectivity index (χ0v) is 11.9. The van der Waals surface area contributed by atoms with Crippen LogP contribution in [0, 0.1) is 6.92 Å². The van der Waals surface area contributed by atoms with Crippen molar-refractivity contribution in [3.8, 4) is 5.75 Å². The van der Waals surface area contributed by atoms with Crippen LogP contribution in [0.1, 0.15) is 5.76 Å². The molecule has 0 unspecified atom stereocenters. The molecule has 0 fully saturated rings. The highest BCUT2D eigenvalue weighted by Gasteiger charge is 2.01. The summed E-state index contributed by atoms with van der Waals surface area (Å²) < 4.78 is 11.9. The molecule has 0 aliphatic carbocycles. The van der Waals surface area contributed by atoms with Gasteiger partial charge in [-0.25, -0.2) is 0 Å². The molecule has 1 aromatic heterocycles. The summed E-state index contributed by atoms with van der Waals surface area (Å²) in [5, 5.41) is 0. The first-order valence-electron chi connectivity index (χ1n) is 5.31. The van der Waals surface area contributed by atoms with E-state index in [2.05, 4.69) is 15.9 Å². The number of aryl methyl sites for hydroxylation is 1. The lowest BCUT2D eigenvalue weighted by molar-refractivity contribution is 0.344. The van der Waals surface area contributed by atoms with Crippen LogP contribution < -0.4 is 4.74 Å². The minimum Gasteiger partial charge on any atom is -0.493 e. The van der Waals surface area contributed by atoms with E-state index in [1.807, 2.05) is 37.3 Å². The molecule has 2 nitrogen and oxygen atoms in total. The van der Waals surface area contributed by atoms with Crippen molar-refractivity contribution >= 4 is 27.7 Å². The van der Waals surface area contributed by atoms with Gasteiger partial charge in [0.15, 0.2) is 0 Å². The van der Waals surface area contributed by atoms with Gasteiger partial charge >= 0.3 is 0 Å². The Morgan fingerprint density at radius 1 is 1.24 bits per heavy atom. The number of halogens is 1. The van der Waals surface area contributed by atoms with Crippen molar-refractivity contribution < 1.29 is 9.15 Å². The molecule has 0 N–H and O–H groups in total. The highest BCUT2D eigenvalue weighted by Crippen LogP contribution is 2.23. The van der Waals surface area contributed by atoms with Crippen molar-refractivity contribution in [2.75, 3.05) is 12.4 Å². The number of rotatable bonds is 5. The second-order valence-corrected chi connectivity index (χ2v) is 5.54. The van der Waals surface area contributed by atoms with Gasteiger partial charge in [-0.1, -0.05) is 15.9 Å². The van der Waals surface area contributed by atoms with Crippen molar-refractivity contribution in [1.82, 2.24) is 0 Å². The highest BCUT2D eigenvalue weighted by molar-refractivity contribution is 9.10. The van der Waals surface area contributed by atoms with Gasteiger partial charge in [-0.2, -0.15) is 0 Å². The van der Waals surface area contributed by atoms with Crippen LogP contribution in [0.4, 0.5) is 0 Å². The zero-order valence-electron chi connectivity index (χ0n) is 9.48. The minimum absolute atomic E-state index is 0.691. The van der Waals surface area contributed by atoms with Crippen LogP contribution in [-0.4, -0.2) is 12.4 Å². The molecule has 2 aromatic rings. The molecule has 0 spiro atoms. The molecule has 2 rings (SSSR count). The highest BCUT2D eigenvalue weighted by atomic mass is 79.9. The van der Waals surface area contributed by atoms with Gasteiger partial charge in [0.2, 0.25) is 0 Å². The molecular formula is C13H13BrO2S. The summed E-state index contributed by atoms with van der Waals surface area (Å²) in [5.41, 5.74) is 0.